The Morgan fingerprint density at radius 2 is 2.21 bits per heavy atom. The molecule has 2 heterocycles. The quantitative estimate of drug-likeness (QED) is 0.806. The number of methoxy groups -OCH3 is 1. The zero-order chi connectivity index (χ0) is 17.1. The Morgan fingerprint density at radius 1 is 1.38 bits per heavy atom. The fourth-order valence-corrected chi connectivity index (χ4v) is 2.87. The zero-order valence-electron chi connectivity index (χ0n) is 14.1. The number of hydrogen-bond acceptors (Lipinski definition) is 5. The fraction of sp³-hybridized carbons (Fsp3) is 0.471. The molecule has 1 aromatic carbocycles. The van der Waals surface area contributed by atoms with Crippen molar-refractivity contribution in [2.24, 2.45) is 7.05 Å². The molecule has 2 aromatic rings. The standard InChI is InChI=1S/C17H22FN3O3/c1-20(8-12-6-13(22-3)4-5-15(12)18)16-10-23-11-17(16)24-14-7-19-21(2)9-14/h4-7,9,16-17H,8,10-11H2,1-3H3/t16-,17+/m0/s1. The maximum atomic E-state index is 14.0. The van der Waals surface area contributed by atoms with E-state index in [4.69, 9.17) is 14.2 Å². The van der Waals surface area contributed by atoms with Crippen LogP contribution in [0.1, 0.15) is 5.56 Å². The average molecular weight is 335 g/mol. The second-order valence-electron chi connectivity index (χ2n) is 5.98. The third-order valence-corrected chi connectivity index (χ3v) is 4.21. The highest BCUT2D eigenvalue weighted by Crippen LogP contribution is 2.23. The number of ether oxygens (including phenoxy) is 3. The molecule has 1 aliphatic heterocycles. The minimum Gasteiger partial charge on any atom is -0.497 e. The first-order valence-corrected chi connectivity index (χ1v) is 7.82. The summed E-state index contributed by atoms with van der Waals surface area (Å²) in [4.78, 5) is 2.05. The average Bonchev–Trinajstić information content (AvgIpc) is 3.19. The maximum absolute atomic E-state index is 14.0. The monoisotopic (exact) mass is 335 g/mol. The van der Waals surface area contributed by atoms with Crippen molar-refractivity contribution in [1.82, 2.24) is 14.7 Å². The molecule has 130 valence electrons. The molecule has 1 fully saturated rings. The van der Waals surface area contributed by atoms with Gasteiger partial charge in [0.15, 0.2) is 5.75 Å². The Kier molecular flexibility index (Phi) is 5.01. The molecule has 3 rings (SSSR count). The molecule has 2 atom stereocenters. The van der Waals surface area contributed by atoms with E-state index in [1.807, 2.05) is 25.2 Å². The van der Waals surface area contributed by atoms with E-state index in [0.29, 0.717) is 36.8 Å². The van der Waals surface area contributed by atoms with Crippen molar-refractivity contribution in [1.29, 1.82) is 0 Å². The van der Waals surface area contributed by atoms with E-state index < -0.39 is 0 Å². The van der Waals surface area contributed by atoms with Crippen LogP contribution in [0, 0.1) is 5.82 Å². The van der Waals surface area contributed by atoms with Crippen molar-refractivity contribution in [2.45, 2.75) is 18.7 Å². The van der Waals surface area contributed by atoms with E-state index in [9.17, 15) is 4.39 Å². The number of nitrogens with zero attached hydrogens (tertiary/aromatic N) is 3. The second kappa shape index (κ2) is 7.19. The van der Waals surface area contributed by atoms with Gasteiger partial charge in [-0.1, -0.05) is 0 Å². The van der Waals surface area contributed by atoms with E-state index in [1.165, 1.54) is 6.07 Å². The zero-order valence-corrected chi connectivity index (χ0v) is 14.1. The minimum atomic E-state index is -0.244. The highest BCUT2D eigenvalue weighted by atomic mass is 19.1. The van der Waals surface area contributed by atoms with Gasteiger partial charge >= 0.3 is 0 Å². The lowest BCUT2D eigenvalue weighted by molar-refractivity contribution is 0.112. The van der Waals surface area contributed by atoms with Crippen LogP contribution in [0.25, 0.3) is 0 Å². The summed E-state index contributed by atoms with van der Waals surface area (Å²) in [5.41, 5.74) is 0.587. The van der Waals surface area contributed by atoms with Crippen LogP contribution in [0.4, 0.5) is 4.39 Å². The van der Waals surface area contributed by atoms with Crippen molar-refractivity contribution in [2.75, 3.05) is 27.4 Å². The molecule has 0 amide bonds. The predicted molar refractivity (Wildman–Crippen MR) is 86.7 cm³/mol. The highest BCUT2D eigenvalue weighted by Gasteiger charge is 2.33. The van der Waals surface area contributed by atoms with Crippen LogP contribution in [0.2, 0.25) is 0 Å². The van der Waals surface area contributed by atoms with Gasteiger partial charge in [0.25, 0.3) is 0 Å². The number of aromatic nitrogens is 2. The number of hydrogen-bond donors (Lipinski definition) is 0. The van der Waals surface area contributed by atoms with Gasteiger partial charge in [0.1, 0.15) is 17.7 Å². The van der Waals surface area contributed by atoms with Crippen molar-refractivity contribution >= 4 is 0 Å². The van der Waals surface area contributed by atoms with Gasteiger partial charge < -0.3 is 14.2 Å². The van der Waals surface area contributed by atoms with Gasteiger partial charge in [0, 0.05) is 19.2 Å². The highest BCUT2D eigenvalue weighted by molar-refractivity contribution is 5.29. The Labute approximate surface area is 140 Å². The molecule has 6 nitrogen and oxygen atoms in total. The largest absolute Gasteiger partial charge is 0.497 e. The lowest BCUT2D eigenvalue weighted by atomic mass is 10.1. The SMILES string of the molecule is COc1ccc(F)c(CN(C)[C@H]2COC[C@H]2Oc2cnn(C)c2)c1. The molecular weight excluding hydrogens is 313 g/mol. The van der Waals surface area contributed by atoms with E-state index >= 15 is 0 Å². The van der Waals surface area contributed by atoms with Crippen LogP contribution in [0.15, 0.2) is 30.6 Å². The molecule has 7 heteroatoms. The fourth-order valence-electron chi connectivity index (χ4n) is 2.87. The lowest BCUT2D eigenvalue weighted by Crippen LogP contribution is -2.43. The topological polar surface area (TPSA) is 48.8 Å². The first-order valence-electron chi connectivity index (χ1n) is 7.82. The van der Waals surface area contributed by atoms with E-state index in [1.54, 1.807) is 30.1 Å². The van der Waals surface area contributed by atoms with Crippen molar-refractivity contribution in [3.05, 3.63) is 42.0 Å². The molecule has 0 bridgehead atoms. The van der Waals surface area contributed by atoms with Crippen LogP contribution in [-0.4, -0.2) is 54.2 Å². The third-order valence-electron chi connectivity index (χ3n) is 4.21. The molecule has 1 aromatic heterocycles. The minimum absolute atomic E-state index is 0.0378. The Morgan fingerprint density at radius 3 is 2.92 bits per heavy atom. The van der Waals surface area contributed by atoms with E-state index in [-0.39, 0.29) is 18.0 Å². The molecule has 0 radical (unpaired) electrons. The molecule has 24 heavy (non-hydrogen) atoms. The molecule has 0 unspecified atom stereocenters. The molecule has 0 saturated carbocycles. The normalized spacial score (nSPS) is 20.5. The number of likely N-dealkylation sites (N-methyl/N-ethyl adjacent to an activating group) is 1. The second-order valence-corrected chi connectivity index (χ2v) is 5.98. The Bertz CT molecular complexity index is 691. The maximum Gasteiger partial charge on any atom is 0.157 e. The van der Waals surface area contributed by atoms with Crippen molar-refractivity contribution in [3.8, 4) is 11.5 Å². The summed E-state index contributed by atoms with van der Waals surface area (Å²) >= 11 is 0. The number of rotatable bonds is 6. The molecule has 0 aliphatic carbocycles. The van der Waals surface area contributed by atoms with Gasteiger partial charge in [-0.05, 0) is 25.2 Å². The number of halogens is 1. The first-order chi connectivity index (χ1) is 11.6. The lowest BCUT2D eigenvalue weighted by Gasteiger charge is -2.28. The van der Waals surface area contributed by atoms with E-state index in [2.05, 4.69) is 5.10 Å². The smallest absolute Gasteiger partial charge is 0.157 e. The summed E-state index contributed by atoms with van der Waals surface area (Å²) in [5.74, 6) is 1.11. The van der Waals surface area contributed by atoms with Crippen LogP contribution in [0.3, 0.4) is 0 Å². The van der Waals surface area contributed by atoms with Gasteiger partial charge in [-0.25, -0.2) is 4.39 Å². The summed E-state index contributed by atoms with van der Waals surface area (Å²) in [6.45, 7) is 1.50. The summed E-state index contributed by atoms with van der Waals surface area (Å²) < 4.78 is 32.5. The van der Waals surface area contributed by atoms with Crippen LogP contribution in [-0.2, 0) is 18.3 Å². The molecular formula is C17H22FN3O3. The molecule has 1 saturated heterocycles. The summed E-state index contributed by atoms with van der Waals surface area (Å²) in [7, 11) is 5.36. The van der Waals surface area contributed by atoms with Gasteiger partial charge in [-0.2, -0.15) is 5.10 Å². The summed E-state index contributed by atoms with van der Waals surface area (Å²) in [6, 6.07) is 4.80. The van der Waals surface area contributed by atoms with Gasteiger partial charge in [0.2, 0.25) is 0 Å². The molecule has 1 aliphatic rings. The molecule has 0 N–H and O–H groups in total. The van der Waals surface area contributed by atoms with Gasteiger partial charge in [0.05, 0.1) is 38.8 Å². The van der Waals surface area contributed by atoms with E-state index in [0.717, 1.165) is 0 Å². The van der Waals surface area contributed by atoms with Gasteiger partial charge in [-0.3, -0.25) is 9.58 Å². The van der Waals surface area contributed by atoms with Crippen LogP contribution < -0.4 is 9.47 Å². The molecule has 0 spiro atoms. The predicted octanol–water partition coefficient (Wildman–Crippen LogP) is 1.85. The summed E-state index contributed by atoms with van der Waals surface area (Å²) in [6.07, 6.45) is 3.38. The van der Waals surface area contributed by atoms with Crippen molar-refractivity contribution < 1.29 is 18.6 Å². The van der Waals surface area contributed by atoms with Crippen LogP contribution in [0.5, 0.6) is 11.5 Å². The number of aryl methyl sites for hydroxylation is 1. The Hall–Kier alpha value is -2.12. The number of benzene rings is 1. The third kappa shape index (κ3) is 3.68. The Balaban J connectivity index is 1.68. The van der Waals surface area contributed by atoms with Crippen molar-refractivity contribution in [3.63, 3.8) is 0 Å². The van der Waals surface area contributed by atoms with Crippen LogP contribution >= 0.6 is 0 Å². The first kappa shape index (κ1) is 16.7. The van der Waals surface area contributed by atoms with Gasteiger partial charge in [-0.15, -0.1) is 0 Å². The summed E-state index contributed by atoms with van der Waals surface area (Å²) in [5, 5.41) is 4.10.